The van der Waals surface area contributed by atoms with E-state index in [1.165, 1.54) is 11.2 Å². The lowest BCUT2D eigenvalue weighted by Crippen LogP contribution is -2.41. The van der Waals surface area contributed by atoms with Crippen molar-refractivity contribution in [2.75, 3.05) is 6.54 Å². The van der Waals surface area contributed by atoms with Crippen LogP contribution in [-0.4, -0.2) is 39.6 Å². The molecule has 6 heteroatoms. The van der Waals surface area contributed by atoms with E-state index in [9.17, 15) is 9.59 Å². The largest absolute Gasteiger partial charge is 0.480 e. The quantitative estimate of drug-likeness (QED) is 0.792. The molecule has 1 N–H and O–H groups in total. The Morgan fingerprint density at radius 2 is 2.25 bits per heavy atom. The highest BCUT2D eigenvalue weighted by Gasteiger charge is 2.20. The minimum atomic E-state index is -1.03. The topological polar surface area (TPSA) is 83.6 Å². The molecule has 0 bridgehead atoms. The summed E-state index contributed by atoms with van der Waals surface area (Å²) in [6, 6.07) is 1.42. The molecule has 1 aromatic rings. The first-order valence-corrected chi connectivity index (χ1v) is 4.91. The molecule has 0 unspecified atom stereocenters. The summed E-state index contributed by atoms with van der Waals surface area (Å²) in [5.74, 6) is -1.30. The van der Waals surface area contributed by atoms with Gasteiger partial charge < -0.3 is 14.5 Å². The van der Waals surface area contributed by atoms with E-state index in [0.717, 1.165) is 0 Å². The summed E-state index contributed by atoms with van der Waals surface area (Å²) in [5.41, 5.74) is 0.501. The number of rotatable bonds is 5. The van der Waals surface area contributed by atoms with Gasteiger partial charge in [0.2, 0.25) is 5.91 Å². The van der Waals surface area contributed by atoms with Gasteiger partial charge in [0.15, 0.2) is 0 Å². The number of hydrogen-bond donors (Lipinski definition) is 1. The summed E-state index contributed by atoms with van der Waals surface area (Å²) in [4.78, 5) is 23.7. The van der Waals surface area contributed by atoms with Gasteiger partial charge >= 0.3 is 5.97 Å². The van der Waals surface area contributed by atoms with Gasteiger partial charge in [0, 0.05) is 12.1 Å². The van der Waals surface area contributed by atoms with E-state index >= 15 is 0 Å². The second kappa shape index (κ2) is 5.29. The van der Waals surface area contributed by atoms with E-state index in [0.29, 0.717) is 5.69 Å². The Hall–Kier alpha value is -1.85. The lowest BCUT2D eigenvalue weighted by atomic mass is 10.2. The van der Waals surface area contributed by atoms with Crippen LogP contribution in [0.15, 0.2) is 16.9 Å². The van der Waals surface area contributed by atoms with Crippen LogP contribution in [0, 0.1) is 0 Å². The zero-order valence-electron chi connectivity index (χ0n) is 9.21. The van der Waals surface area contributed by atoms with Crippen LogP contribution in [-0.2, 0) is 16.0 Å². The van der Waals surface area contributed by atoms with Crippen LogP contribution in [0.3, 0.4) is 0 Å². The maximum absolute atomic E-state index is 11.8. The average Bonchev–Trinajstić information content (AvgIpc) is 2.65. The summed E-state index contributed by atoms with van der Waals surface area (Å²) >= 11 is 0. The third-order valence-corrected chi connectivity index (χ3v) is 2.07. The molecular weight excluding hydrogens is 212 g/mol. The van der Waals surface area contributed by atoms with E-state index in [-0.39, 0.29) is 24.9 Å². The lowest BCUT2D eigenvalue weighted by Gasteiger charge is -2.24. The number of amides is 1. The monoisotopic (exact) mass is 226 g/mol. The molecule has 1 aromatic heterocycles. The Morgan fingerprint density at radius 3 is 2.69 bits per heavy atom. The van der Waals surface area contributed by atoms with Gasteiger partial charge in [0.25, 0.3) is 0 Å². The molecule has 0 saturated heterocycles. The van der Waals surface area contributed by atoms with Crippen molar-refractivity contribution in [1.82, 2.24) is 10.1 Å². The standard InChI is InChI=1S/C10H14N2O4/c1-7(2)12(6-10(14)15)9(13)5-8-3-4-16-11-8/h3-4,7H,5-6H2,1-2H3,(H,14,15). The third-order valence-electron chi connectivity index (χ3n) is 2.07. The third kappa shape index (κ3) is 3.38. The van der Waals surface area contributed by atoms with Gasteiger partial charge in [-0.2, -0.15) is 0 Å². The molecule has 0 radical (unpaired) electrons. The number of carbonyl (C=O) groups excluding carboxylic acids is 1. The van der Waals surface area contributed by atoms with Crippen LogP contribution in [0.25, 0.3) is 0 Å². The summed E-state index contributed by atoms with van der Waals surface area (Å²) < 4.78 is 4.60. The maximum Gasteiger partial charge on any atom is 0.323 e. The number of aromatic nitrogens is 1. The molecule has 0 saturated carbocycles. The maximum atomic E-state index is 11.8. The first-order valence-electron chi connectivity index (χ1n) is 4.91. The number of carbonyl (C=O) groups is 2. The Bertz CT molecular complexity index is 359. The Morgan fingerprint density at radius 1 is 1.56 bits per heavy atom. The van der Waals surface area contributed by atoms with Gasteiger partial charge in [-0.3, -0.25) is 9.59 Å². The highest BCUT2D eigenvalue weighted by molar-refractivity contribution is 5.82. The van der Waals surface area contributed by atoms with Crippen LogP contribution in [0.4, 0.5) is 0 Å². The highest BCUT2D eigenvalue weighted by Crippen LogP contribution is 2.04. The van der Waals surface area contributed by atoms with Crippen molar-refractivity contribution in [2.45, 2.75) is 26.3 Å². The fourth-order valence-electron chi connectivity index (χ4n) is 1.29. The fraction of sp³-hybridized carbons (Fsp3) is 0.500. The Balaban J connectivity index is 2.64. The van der Waals surface area contributed by atoms with Crippen molar-refractivity contribution in [3.05, 3.63) is 18.0 Å². The Labute approximate surface area is 92.8 Å². The van der Waals surface area contributed by atoms with Crippen LogP contribution in [0.2, 0.25) is 0 Å². The molecule has 0 aliphatic rings. The van der Waals surface area contributed by atoms with Gasteiger partial charge in [-0.05, 0) is 13.8 Å². The van der Waals surface area contributed by atoms with Crippen LogP contribution in [0.1, 0.15) is 19.5 Å². The molecule has 0 aromatic carbocycles. The second-order valence-electron chi connectivity index (χ2n) is 3.68. The van der Waals surface area contributed by atoms with Crippen molar-refractivity contribution in [3.63, 3.8) is 0 Å². The summed E-state index contributed by atoms with van der Waals surface area (Å²) in [7, 11) is 0. The van der Waals surface area contributed by atoms with Gasteiger partial charge in [-0.1, -0.05) is 5.16 Å². The van der Waals surface area contributed by atoms with Crippen LogP contribution < -0.4 is 0 Å². The van der Waals surface area contributed by atoms with Crippen molar-refractivity contribution < 1.29 is 19.2 Å². The minimum Gasteiger partial charge on any atom is -0.480 e. The van der Waals surface area contributed by atoms with Crippen molar-refractivity contribution in [1.29, 1.82) is 0 Å². The smallest absolute Gasteiger partial charge is 0.323 e. The molecule has 1 heterocycles. The first kappa shape index (κ1) is 12.2. The number of hydrogen-bond acceptors (Lipinski definition) is 4. The van der Waals surface area contributed by atoms with Crippen LogP contribution in [0.5, 0.6) is 0 Å². The number of carboxylic acid groups (broad SMARTS) is 1. The van der Waals surface area contributed by atoms with E-state index in [1.54, 1.807) is 19.9 Å². The molecule has 0 aliphatic heterocycles. The van der Waals surface area contributed by atoms with E-state index in [2.05, 4.69) is 9.68 Å². The number of aliphatic carboxylic acids is 1. The lowest BCUT2D eigenvalue weighted by molar-refractivity contribution is -0.145. The molecule has 0 aliphatic carbocycles. The molecular formula is C10H14N2O4. The van der Waals surface area contributed by atoms with E-state index < -0.39 is 5.97 Å². The van der Waals surface area contributed by atoms with Crippen molar-refractivity contribution in [2.24, 2.45) is 0 Å². The molecule has 0 spiro atoms. The van der Waals surface area contributed by atoms with Gasteiger partial charge in [0.1, 0.15) is 12.8 Å². The van der Waals surface area contributed by atoms with Gasteiger partial charge in [-0.15, -0.1) is 0 Å². The molecule has 1 amide bonds. The number of carboxylic acids is 1. The summed E-state index contributed by atoms with van der Waals surface area (Å²) in [6.45, 7) is 3.24. The molecule has 0 atom stereocenters. The van der Waals surface area contributed by atoms with Crippen LogP contribution >= 0.6 is 0 Å². The fourth-order valence-corrected chi connectivity index (χ4v) is 1.29. The highest BCUT2D eigenvalue weighted by atomic mass is 16.5. The second-order valence-corrected chi connectivity index (χ2v) is 3.68. The van der Waals surface area contributed by atoms with Crippen molar-refractivity contribution >= 4 is 11.9 Å². The average molecular weight is 226 g/mol. The zero-order chi connectivity index (χ0) is 12.1. The number of nitrogens with zero attached hydrogens (tertiary/aromatic N) is 2. The zero-order valence-corrected chi connectivity index (χ0v) is 9.21. The SMILES string of the molecule is CC(C)N(CC(=O)O)C(=O)Cc1ccon1. The Kier molecular flexibility index (Phi) is 4.04. The predicted octanol–water partition coefficient (Wildman–Crippen LogP) is 0.539. The minimum absolute atomic E-state index is 0.0575. The van der Waals surface area contributed by atoms with Gasteiger partial charge in [0.05, 0.1) is 12.1 Å². The first-order chi connectivity index (χ1) is 7.50. The van der Waals surface area contributed by atoms with E-state index in [1.807, 2.05) is 0 Å². The van der Waals surface area contributed by atoms with E-state index in [4.69, 9.17) is 5.11 Å². The molecule has 16 heavy (non-hydrogen) atoms. The van der Waals surface area contributed by atoms with Gasteiger partial charge in [-0.25, -0.2) is 0 Å². The molecule has 1 rings (SSSR count). The van der Waals surface area contributed by atoms with Crippen molar-refractivity contribution in [3.8, 4) is 0 Å². The summed E-state index contributed by atoms with van der Waals surface area (Å²) in [5, 5.41) is 12.3. The molecule has 6 nitrogen and oxygen atoms in total. The normalized spacial score (nSPS) is 10.4. The predicted molar refractivity (Wildman–Crippen MR) is 54.7 cm³/mol. The molecule has 88 valence electrons. The summed E-state index contributed by atoms with van der Waals surface area (Å²) in [6.07, 6.45) is 1.43. The molecule has 0 fully saturated rings.